The highest BCUT2D eigenvalue weighted by atomic mass is 16.2. The Morgan fingerprint density at radius 2 is 1.93 bits per heavy atom. The summed E-state index contributed by atoms with van der Waals surface area (Å²) < 4.78 is 0. The number of amides is 3. The van der Waals surface area contributed by atoms with E-state index < -0.39 is 6.04 Å². The highest BCUT2D eigenvalue weighted by molar-refractivity contribution is 6.05. The Morgan fingerprint density at radius 1 is 1.14 bits per heavy atom. The van der Waals surface area contributed by atoms with Crippen molar-refractivity contribution in [3.63, 3.8) is 0 Å². The Hall–Kier alpha value is -2.25. The topological polar surface area (TPSA) is 81.8 Å². The molecule has 2 fully saturated rings. The third-order valence-corrected chi connectivity index (χ3v) is 6.54. The van der Waals surface area contributed by atoms with Crippen molar-refractivity contribution >= 4 is 17.7 Å². The molecule has 4 rings (SSSR count). The molecule has 2 N–H and O–H groups in total. The van der Waals surface area contributed by atoms with Crippen LogP contribution in [0.3, 0.4) is 0 Å². The summed E-state index contributed by atoms with van der Waals surface area (Å²) in [5, 5.41) is 5.89. The van der Waals surface area contributed by atoms with Crippen molar-refractivity contribution in [2.24, 2.45) is 0 Å². The van der Waals surface area contributed by atoms with Gasteiger partial charge in [0.25, 0.3) is 5.91 Å². The molecule has 0 aromatic heterocycles. The van der Waals surface area contributed by atoms with Crippen molar-refractivity contribution < 1.29 is 14.4 Å². The van der Waals surface area contributed by atoms with E-state index in [0.29, 0.717) is 37.6 Å². The summed E-state index contributed by atoms with van der Waals surface area (Å²) in [7, 11) is 0. The lowest BCUT2D eigenvalue weighted by Crippen LogP contribution is -2.59. The largest absolute Gasteiger partial charge is 0.322 e. The van der Waals surface area contributed by atoms with Crippen molar-refractivity contribution in [1.29, 1.82) is 0 Å². The number of carbonyl (C=O) groups excluding carboxylic acids is 3. The van der Waals surface area contributed by atoms with Gasteiger partial charge in [0.15, 0.2) is 0 Å². The van der Waals surface area contributed by atoms with Gasteiger partial charge in [0, 0.05) is 49.7 Å². The average Bonchev–Trinajstić information content (AvgIpc) is 2.99. The van der Waals surface area contributed by atoms with Gasteiger partial charge < -0.3 is 10.2 Å². The minimum atomic E-state index is -0.567. The van der Waals surface area contributed by atoms with Gasteiger partial charge in [-0.1, -0.05) is 18.2 Å². The molecular formula is C21H28N4O3. The van der Waals surface area contributed by atoms with Crippen LogP contribution in [0.1, 0.15) is 55.1 Å². The van der Waals surface area contributed by atoms with Crippen molar-refractivity contribution in [2.45, 2.75) is 70.9 Å². The van der Waals surface area contributed by atoms with Crippen molar-refractivity contribution in [3.05, 3.63) is 34.9 Å². The molecular weight excluding hydrogens is 356 g/mol. The molecule has 2 saturated heterocycles. The van der Waals surface area contributed by atoms with E-state index in [1.54, 1.807) is 4.90 Å². The maximum absolute atomic E-state index is 13.2. The number of hydrogen-bond donors (Lipinski definition) is 2. The molecule has 4 unspecified atom stereocenters. The van der Waals surface area contributed by atoms with E-state index in [-0.39, 0.29) is 24.1 Å². The van der Waals surface area contributed by atoms with Crippen molar-refractivity contribution in [2.75, 3.05) is 6.54 Å². The molecule has 0 saturated carbocycles. The van der Waals surface area contributed by atoms with Crippen LogP contribution < -0.4 is 10.6 Å². The number of carbonyl (C=O) groups is 3. The summed E-state index contributed by atoms with van der Waals surface area (Å²) in [6.07, 6.45) is 0.667. The van der Waals surface area contributed by atoms with Crippen molar-refractivity contribution in [3.8, 4) is 0 Å². The van der Waals surface area contributed by atoms with Gasteiger partial charge in [-0.25, -0.2) is 0 Å². The fraction of sp³-hybridized carbons (Fsp3) is 0.571. The van der Waals surface area contributed by atoms with Crippen LogP contribution in [0.2, 0.25) is 0 Å². The fourth-order valence-corrected chi connectivity index (χ4v) is 4.65. The van der Waals surface area contributed by atoms with Gasteiger partial charge in [0.2, 0.25) is 11.8 Å². The lowest BCUT2D eigenvalue weighted by Gasteiger charge is -2.43. The van der Waals surface area contributed by atoms with E-state index in [4.69, 9.17) is 0 Å². The van der Waals surface area contributed by atoms with Gasteiger partial charge in [-0.3, -0.25) is 24.6 Å². The molecule has 0 radical (unpaired) electrons. The molecule has 1 aromatic carbocycles. The first-order valence-corrected chi connectivity index (χ1v) is 10.1. The molecule has 7 nitrogen and oxygen atoms in total. The number of hydrogen-bond acceptors (Lipinski definition) is 5. The minimum absolute atomic E-state index is 0.0939. The van der Waals surface area contributed by atoms with E-state index in [1.165, 1.54) is 0 Å². The van der Waals surface area contributed by atoms with E-state index in [9.17, 15) is 14.4 Å². The van der Waals surface area contributed by atoms with Gasteiger partial charge in [-0.2, -0.15) is 0 Å². The average molecular weight is 384 g/mol. The Labute approximate surface area is 165 Å². The molecule has 150 valence electrons. The molecule has 28 heavy (non-hydrogen) atoms. The lowest BCUT2D eigenvalue weighted by molar-refractivity contribution is -0.136. The Balaban J connectivity index is 1.58. The number of rotatable bonds is 3. The Morgan fingerprint density at radius 3 is 2.68 bits per heavy atom. The SMILES string of the molecule is CC1NCC(C)N(Cc2cccc3c2C(=O)N(C2CCC(=O)NC2=O)C3)C1C. The molecule has 3 aliphatic heterocycles. The maximum atomic E-state index is 13.2. The summed E-state index contributed by atoms with van der Waals surface area (Å²) in [4.78, 5) is 41.0. The second-order valence-corrected chi connectivity index (χ2v) is 8.31. The second kappa shape index (κ2) is 7.29. The van der Waals surface area contributed by atoms with Crippen LogP contribution in [-0.4, -0.2) is 58.2 Å². The van der Waals surface area contributed by atoms with E-state index in [1.807, 2.05) is 18.2 Å². The van der Waals surface area contributed by atoms with Gasteiger partial charge in [-0.05, 0) is 38.3 Å². The van der Waals surface area contributed by atoms with Crippen LogP contribution in [-0.2, 0) is 22.7 Å². The first-order chi connectivity index (χ1) is 13.4. The third kappa shape index (κ3) is 3.22. The van der Waals surface area contributed by atoms with Gasteiger partial charge in [0.05, 0.1) is 0 Å². The predicted octanol–water partition coefficient (Wildman–Crippen LogP) is 1.02. The molecule has 7 heteroatoms. The van der Waals surface area contributed by atoms with Crippen LogP contribution in [0.5, 0.6) is 0 Å². The number of benzene rings is 1. The van der Waals surface area contributed by atoms with Gasteiger partial charge in [0.1, 0.15) is 6.04 Å². The Kier molecular flexibility index (Phi) is 4.97. The van der Waals surface area contributed by atoms with Crippen LogP contribution in [0.4, 0.5) is 0 Å². The highest BCUT2D eigenvalue weighted by Gasteiger charge is 2.40. The quantitative estimate of drug-likeness (QED) is 0.761. The zero-order valence-corrected chi connectivity index (χ0v) is 16.7. The standard InChI is InChI=1S/C21H28N4O3/c1-12-9-22-13(2)14(3)24(12)10-15-5-4-6-16-11-25(21(28)19(15)16)17-7-8-18(26)23-20(17)27/h4-6,12-14,17,22H,7-11H2,1-3H3,(H,23,26,27). The number of nitrogens with zero attached hydrogens (tertiary/aromatic N) is 2. The van der Waals surface area contributed by atoms with Crippen LogP contribution in [0.15, 0.2) is 18.2 Å². The number of piperazine rings is 1. The zero-order chi connectivity index (χ0) is 20.0. The second-order valence-electron chi connectivity index (χ2n) is 8.31. The molecule has 0 bridgehead atoms. The molecule has 4 atom stereocenters. The molecule has 0 spiro atoms. The highest BCUT2D eigenvalue weighted by Crippen LogP contribution is 2.31. The summed E-state index contributed by atoms with van der Waals surface area (Å²) in [6.45, 7) is 8.68. The molecule has 3 amide bonds. The molecule has 3 aliphatic rings. The monoisotopic (exact) mass is 384 g/mol. The first-order valence-electron chi connectivity index (χ1n) is 10.1. The fourth-order valence-electron chi connectivity index (χ4n) is 4.65. The van der Waals surface area contributed by atoms with Gasteiger partial charge >= 0.3 is 0 Å². The van der Waals surface area contributed by atoms with E-state index in [2.05, 4.69) is 36.3 Å². The normalized spacial score (nSPS) is 31.1. The molecule has 0 aliphatic carbocycles. The lowest BCUT2D eigenvalue weighted by atomic mass is 9.98. The Bertz CT molecular complexity index is 824. The van der Waals surface area contributed by atoms with Crippen LogP contribution in [0, 0.1) is 0 Å². The van der Waals surface area contributed by atoms with E-state index in [0.717, 1.165) is 23.2 Å². The predicted molar refractivity (Wildman–Crippen MR) is 104 cm³/mol. The minimum Gasteiger partial charge on any atom is -0.322 e. The van der Waals surface area contributed by atoms with Crippen LogP contribution >= 0.6 is 0 Å². The summed E-state index contributed by atoms with van der Waals surface area (Å²) >= 11 is 0. The number of piperidine rings is 1. The summed E-state index contributed by atoms with van der Waals surface area (Å²) in [6, 6.07) is 6.56. The molecule has 3 heterocycles. The van der Waals surface area contributed by atoms with Crippen molar-refractivity contribution in [1.82, 2.24) is 20.4 Å². The smallest absolute Gasteiger partial charge is 0.255 e. The summed E-state index contributed by atoms with van der Waals surface area (Å²) in [5.41, 5.74) is 2.72. The maximum Gasteiger partial charge on any atom is 0.255 e. The molecule has 1 aromatic rings. The number of fused-ring (bicyclic) bond motifs is 1. The number of imide groups is 1. The van der Waals surface area contributed by atoms with E-state index >= 15 is 0 Å². The van der Waals surface area contributed by atoms with Gasteiger partial charge in [-0.15, -0.1) is 0 Å². The zero-order valence-electron chi connectivity index (χ0n) is 16.7. The number of nitrogens with one attached hydrogen (secondary N) is 2. The van der Waals surface area contributed by atoms with Crippen LogP contribution in [0.25, 0.3) is 0 Å². The summed E-state index contributed by atoms with van der Waals surface area (Å²) in [5.74, 6) is -0.720. The third-order valence-electron chi connectivity index (χ3n) is 6.54. The first kappa shape index (κ1) is 19.1.